The Labute approximate surface area is 143 Å². The van der Waals surface area contributed by atoms with Gasteiger partial charge in [-0.3, -0.25) is 0 Å². The molecule has 3 nitrogen and oxygen atoms in total. The van der Waals surface area contributed by atoms with E-state index in [0.29, 0.717) is 37.3 Å². The Morgan fingerprint density at radius 1 is 0.952 bits per heavy atom. The molecule has 0 radical (unpaired) electrons. The number of nitrogens with one attached hydrogen (secondary N) is 2. The van der Waals surface area contributed by atoms with E-state index >= 15 is 0 Å². The van der Waals surface area contributed by atoms with Crippen LogP contribution in [0.15, 0.2) is 36.4 Å². The van der Waals surface area contributed by atoms with Crippen LogP contribution in [0.25, 0.3) is 0 Å². The van der Waals surface area contributed by atoms with E-state index in [0.717, 1.165) is 0 Å². The lowest BCUT2D eigenvalue weighted by Crippen LogP contribution is -2.19. The Morgan fingerprint density at radius 3 is 2.19 bits per heavy atom. The molecule has 0 aliphatic rings. The summed E-state index contributed by atoms with van der Waals surface area (Å²) in [6.07, 6.45) is 0. The number of anilines is 2. The van der Waals surface area contributed by atoms with Gasteiger partial charge in [-0.1, -0.05) is 34.8 Å². The normalized spacial score (nSPS) is 10.1. The number of ether oxygens (including phenoxy) is 1. The highest BCUT2D eigenvalue weighted by atomic mass is 35.5. The highest BCUT2D eigenvalue weighted by molar-refractivity contribution is 7.80. The summed E-state index contributed by atoms with van der Waals surface area (Å²) in [6.45, 7) is 0. The van der Waals surface area contributed by atoms with Crippen molar-refractivity contribution in [2.75, 3.05) is 17.7 Å². The Bertz CT molecular complexity index is 679. The zero-order chi connectivity index (χ0) is 15.4. The van der Waals surface area contributed by atoms with Crippen molar-refractivity contribution in [3.8, 4) is 5.75 Å². The van der Waals surface area contributed by atoms with Gasteiger partial charge in [0.15, 0.2) is 5.11 Å². The molecule has 0 spiro atoms. The molecule has 2 aromatic carbocycles. The Hall–Kier alpha value is -1.20. The van der Waals surface area contributed by atoms with Crippen LogP contribution in [0, 0.1) is 0 Å². The molecular formula is C14H11Cl3N2OS. The van der Waals surface area contributed by atoms with Gasteiger partial charge in [0, 0.05) is 10.0 Å². The largest absolute Gasteiger partial charge is 0.495 e. The first-order chi connectivity index (χ1) is 9.99. The zero-order valence-electron chi connectivity index (χ0n) is 10.9. The number of halogens is 3. The molecule has 2 rings (SSSR count). The van der Waals surface area contributed by atoms with Crippen molar-refractivity contribution in [2.24, 2.45) is 0 Å². The van der Waals surface area contributed by atoms with Crippen LogP contribution in [0.2, 0.25) is 15.1 Å². The van der Waals surface area contributed by atoms with Crippen molar-refractivity contribution in [1.82, 2.24) is 0 Å². The summed E-state index contributed by atoms with van der Waals surface area (Å²) in [4.78, 5) is 0. The van der Waals surface area contributed by atoms with E-state index in [1.807, 2.05) is 0 Å². The summed E-state index contributed by atoms with van der Waals surface area (Å²) in [5, 5.41) is 7.98. The van der Waals surface area contributed by atoms with Crippen LogP contribution in [-0.2, 0) is 0 Å². The van der Waals surface area contributed by atoms with Crippen LogP contribution in [-0.4, -0.2) is 12.2 Å². The minimum atomic E-state index is 0.347. The number of hydrogen-bond donors (Lipinski definition) is 2. The molecule has 0 unspecified atom stereocenters. The summed E-state index contributed by atoms with van der Waals surface area (Å²) in [5.74, 6) is 0.626. The molecule has 0 saturated heterocycles. The molecule has 110 valence electrons. The monoisotopic (exact) mass is 360 g/mol. The van der Waals surface area contributed by atoms with Gasteiger partial charge in [-0.25, -0.2) is 0 Å². The standard InChI is InChI=1S/C14H11Cl3N2OS/c1-20-13-5-3-9(16)7-12(13)19-14(21)18-11-6-8(15)2-4-10(11)17/h2-7H,1H3,(H2,18,19,21). The smallest absolute Gasteiger partial charge is 0.175 e. The topological polar surface area (TPSA) is 33.3 Å². The van der Waals surface area contributed by atoms with E-state index in [4.69, 9.17) is 51.8 Å². The molecule has 0 saturated carbocycles. The maximum atomic E-state index is 6.07. The van der Waals surface area contributed by atoms with Gasteiger partial charge in [0.2, 0.25) is 0 Å². The Morgan fingerprint density at radius 2 is 1.52 bits per heavy atom. The number of hydrogen-bond acceptors (Lipinski definition) is 2. The van der Waals surface area contributed by atoms with Gasteiger partial charge in [-0.15, -0.1) is 0 Å². The molecule has 0 heterocycles. The van der Waals surface area contributed by atoms with E-state index in [2.05, 4.69) is 10.6 Å². The summed E-state index contributed by atoms with van der Waals surface area (Å²) in [7, 11) is 1.57. The van der Waals surface area contributed by atoms with Crippen LogP contribution >= 0.6 is 47.0 Å². The number of benzene rings is 2. The summed E-state index contributed by atoms with van der Waals surface area (Å²) < 4.78 is 5.24. The van der Waals surface area contributed by atoms with Gasteiger partial charge in [-0.05, 0) is 48.6 Å². The van der Waals surface area contributed by atoms with Gasteiger partial charge in [-0.2, -0.15) is 0 Å². The van der Waals surface area contributed by atoms with Crippen molar-refractivity contribution in [3.63, 3.8) is 0 Å². The summed E-state index contributed by atoms with van der Waals surface area (Å²) in [6, 6.07) is 10.3. The van der Waals surface area contributed by atoms with Crippen LogP contribution in [0.3, 0.4) is 0 Å². The van der Waals surface area contributed by atoms with E-state index in [-0.39, 0.29) is 0 Å². The molecular weight excluding hydrogens is 351 g/mol. The van der Waals surface area contributed by atoms with Crippen molar-refractivity contribution < 1.29 is 4.74 Å². The van der Waals surface area contributed by atoms with Crippen molar-refractivity contribution in [2.45, 2.75) is 0 Å². The fourth-order valence-corrected chi connectivity index (χ4v) is 2.38. The second-order valence-corrected chi connectivity index (χ2v) is 5.74. The SMILES string of the molecule is COc1ccc(Cl)cc1NC(=S)Nc1cc(Cl)ccc1Cl. The van der Waals surface area contributed by atoms with Crippen LogP contribution in [0.4, 0.5) is 11.4 Å². The molecule has 0 aromatic heterocycles. The predicted molar refractivity (Wildman–Crippen MR) is 94.3 cm³/mol. The predicted octanol–water partition coefficient (Wildman–Crippen LogP) is 5.46. The van der Waals surface area contributed by atoms with Crippen molar-refractivity contribution in [3.05, 3.63) is 51.5 Å². The number of thiocarbonyl (C=S) groups is 1. The van der Waals surface area contributed by atoms with Gasteiger partial charge < -0.3 is 15.4 Å². The number of methoxy groups -OCH3 is 1. The average Bonchev–Trinajstić information content (AvgIpc) is 2.43. The maximum absolute atomic E-state index is 6.07. The van der Waals surface area contributed by atoms with Crippen LogP contribution in [0.1, 0.15) is 0 Å². The highest BCUT2D eigenvalue weighted by Crippen LogP contribution is 2.29. The molecule has 0 aliphatic carbocycles. The molecule has 7 heteroatoms. The van der Waals surface area contributed by atoms with Crippen molar-refractivity contribution >= 4 is 63.5 Å². The van der Waals surface area contributed by atoms with Gasteiger partial charge >= 0.3 is 0 Å². The number of rotatable bonds is 3. The van der Waals surface area contributed by atoms with Crippen molar-refractivity contribution in [1.29, 1.82) is 0 Å². The summed E-state index contributed by atoms with van der Waals surface area (Å²) >= 11 is 23.2. The first-order valence-electron chi connectivity index (χ1n) is 5.86. The lowest BCUT2D eigenvalue weighted by atomic mass is 10.3. The quantitative estimate of drug-likeness (QED) is 0.711. The molecule has 0 fully saturated rings. The highest BCUT2D eigenvalue weighted by Gasteiger charge is 2.08. The lowest BCUT2D eigenvalue weighted by Gasteiger charge is -2.14. The molecule has 0 amide bonds. The first kappa shape index (κ1) is 16.2. The molecule has 0 aliphatic heterocycles. The molecule has 21 heavy (non-hydrogen) atoms. The maximum Gasteiger partial charge on any atom is 0.175 e. The van der Waals surface area contributed by atoms with E-state index in [1.165, 1.54) is 0 Å². The third-order valence-corrected chi connectivity index (χ3v) is 3.59. The van der Waals surface area contributed by atoms with Crippen LogP contribution in [0.5, 0.6) is 5.75 Å². The second kappa shape index (κ2) is 7.18. The third-order valence-electron chi connectivity index (χ3n) is 2.59. The second-order valence-electron chi connectivity index (χ2n) is 4.05. The van der Waals surface area contributed by atoms with E-state index in [1.54, 1.807) is 43.5 Å². The lowest BCUT2D eigenvalue weighted by molar-refractivity contribution is 0.417. The first-order valence-corrected chi connectivity index (χ1v) is 7.40. The van der Waals surface area contributed by atoms with Gasteiger partial charge in [0.25, 0.3) is 0 Å². The minimum Gasteiger partial charge on any atom is -0.495 e. The molecule has 2 aromatic rings. The Balaban J connectivity index is 2.15. The van der Waals surface area contributed by atoms with Gasteiger partial charge in [0.1, 0.15) is 5.75 Å². The Kier molecular flexibility index (Phi) is 5.53. The minimum absolute atomic E-state index is 0.347. The van der Waals surface area contributed by atoms with Crippen LogP contribution < -0.4 is 15.4 Å². The van der Waals surface area contributed by atoms with E-state index in [9.17, 15) is 0 Å². The average molecular weight is 362 g/mol. The van der Waals surface area contributed by atoms with Gasteiger partial charge in [0.05, 0.1) is 23.5 Å². The molecule has 0 bridgehead atoms. The van der Waals surface area contributed by atoms with E-state index < -0.39 is 0 Å². The summed E-state index contributed by atoms with van der Waals surface area (Å²) in [5.41, 5.74) is 1.27. The molecule has 2 N–H and O–H groups in total. The fourth-order valence-electron chi connectivity index (χ4n) is 1.65. The third kappa shape index (κ3) is 4.38. The fraction of sp³-hybridized carbons (Fsp3) is 0.0714. The zero-order valence-corrected chi connectivity index (χ0v) is 14.0. The molecule has 0 atom stereocenters.